The monoisotopic (exact) mass is 277 g/mol. The van der Waals surface area contributed by atoms with E-state index in [0.29, 0.717) is 12.5 Å². The number of ether oxygens (including phenoxy) is 1. The zero-order valence-corrected chi connectivity index (χ0v) is 11.2. The van der Waals surface area contributed by atoms with E-state index in [9.17, 15) is 0 Å². The van der Waals surface area contributed by atoms with Crippen LogP contribution in [0.3, 0.4) is 0 Å². The van der Waals surface area contributed by atoms with E-state index in [-0.39, 0.29) is 0 Å². The van der Waals surface area contributed by atoms with Crippen LogP contribution in [0.25, 0.3) is 0 Å². The lowest BCUT2D eigenvalue weighted by Gasteiger charge is -1.98. The minimum absolute atomic E-state index is 0.621. The number of rotatable bonds is 5. The number of hydrogen-bond donors (Lipinski definition) is 0. The summed E-state index contributed by atoms with van der Waals surface area (Å²) in [4.78, 5) is 5.87. The van der Waals surface area contributed by atoms with Gasteiger partial charge in [0.1, 0.15) is 0 Å². The molecule has 1 aromatic rings. The summed E-state index contributed by atoms with van der Waals surface area (Å²) in [6.07, 6.45) is 1.06. The molecule has 14 heavy (non-hydrogen) atoms. The van der Waals surface area contributed by atoms with Gasteiger partial charge in [-0.1, -0.05) is 29.8 Å². The third-order valence-electron chi connectivity index (χ3n) is 1.81. The molecular formula is C10H16BrNOS. The minimum Gasteiger partial charge on any atom is -0.378 e. The van der Waals surface area contributed by atoms with Crippen LogP contribution in [-0.2, 0) is 23.1 Å². The summed E-state index contributed by atoms with van der Waals surface area (Å²) in [5.74, 6) is 0.666. The van der Waals surface area contributed by atoms with Gasteiger partial charge in [0.05, 0.1) is 17.3 Å². The van der Waals surface area contributed by atoms with E-state index in [1.165, 1.54) is 9.88 Å². The summed E-state index contributed by atoms with van der Waals surface area (Å²) >= 11 is 5.26. The second-order valence-corrected chi connectivity index (χ2v) is 5.37. The van der Waals surface area contributed by atoms with Gasteiger partial charge < -0.3 is 4.74 Å². The molecule has 0 N–H and O–H groups in total. The second-order valence-electron chi connectivity index (χ2n) is 3.64. The van der Waals surface area contributed by atoms with Crippen LogP contribution in [0.5, 0.6) is 0 Å². The molecule has 0 atom stereocenters. The molecule has 4 heteroatoms. The highest BCUT2D eigenvalue weighted by molar-refractivity contribution is 9.08. The van der Waals surface area contributed by atoms with Crippen LogP contribution in [0.1, 0.15) is 29.4 Å². The highest BCUT2D eigenvalue weighted by atomic mass is 79.9. The number of methoxy groups -OCH3 is 1. The van der Waals surface area contributed by atoms with Crippen LogP contribution in [0, 0.1) is 5.92 Å². The lowest BCUT2D eigenvalue weighted by Crippen LogP contribution is -1.95. The van der Waals surface area contributed by atoms with Crippen molar-refractivity contribution in [3.05, 3.63) is 15.6 Å². The summed E-state index contributed by atoms with van der Waals surface area (Å²) < 4.78 is 5.11. The summed E-state index contributed by atoms with van der Waals surface area (Å²) in [5, 5.41) is 2.10. The highest BCUT2D eigenvalue weighted by Gasteiger charge is 2.10. The maximum atomic E-state index is 5.11. The molecule has 0 amide bonds. The Labute approximate surface area is 97.8 Å². The Morgan fingerprint density at radius 2 is 2.21 bits per heavy atom. The molecule has 0 saturated carbocycles. The third kappa shape index (κ3) is 3.33. The lowest BCUT2D eigenvalue weighted by molar-refractivity contribution is 0.181. The Morgan fingerprint density at radius 1 is 1.50 bits per heavy atom. The van der Waals surface area contributed by atoms with Crippen LogP contribution in [0.15, 0.2) is 0 Å². The maximum absolute atomic E-state index is 5.11. The van der Waals surface area contributed by atoms with Crippen LogP contribution in [0.4, 0.5) is 0 Å². The first kappa shape index (κ1) is 12.1. The molecule has 0 saturated heterocycles. The maximum Gasteiger partial charge on any atom is 0.0935 e. The first-order chi connectivity index (χ1) is 6.67. The molecule has 0 spiro atoms. The molecule has 0 aromatic carbocycles. The molecule has 1 aromatic heterocycles. The van der Waals surface area contributed by atoms with Crippen molar-refractivity contribution < 1.29 is 4.74 Å². The van der Waals surface area contributed by atoms with Gasteiger partial charge in [-0.15, -0.1) is 11.3 Å². The second kappa shape index (κ2) is 5.83. The average molecular weight is 278 g/mol. The normalized spacial score (nSPS) is 11.2. The number of alkyl halides is 1. The fourth-order valence-electron chi connectivity index (χ4n) is 1.23. The first-order valence-electron chi connectivity index (χ1n) is 4.69. The predicted molar refractivity (Wildman–Crippen MR) is 64.0 cm³/mol. The topological polar surface area (TPSA) is 22.1 Å². The zero-order valence-electron chi connectivity index (χ0n) is 8.84. The molecule has 0 aliphatic rings. The van der Waals surface area contributed by atoms with Gasteiger partial charge in [0.15, 0.2) is 0 Å². The van der Waals surface area contributed by atoms with Crippen LogP contribution >= 0.6 is 27.3 Å². The fourth-order valence-corrected chi connectivity index (χ4v) is 3.03. The SMILES string of the molecule is COCc1nc(CC(C)C)sc1CBr. The molecule has 2 nitrogen and oxygen atoms in total. The molecule has 0 aliphatic carbocycles. The van der Waals surface area contributed by atoms with E-state index in [2.05, 4.69) is 34.8 Å². The van der Waals surface area contributed by atoms with Gasteiger partial charge in [-0.2, -0.15) is 0 Å². The Hall–Kier alpha value is 0.0700. The number of aromatic nitrogens is 1. The predicted octanol–water partition coefficient (Wildman–Crippen LogP) is 3.38. The van der Waals surface area contributed by atoms with Gasteiger partial charge in [-0.3, -0.25) is 0 Å². The van der Waals surface area contributed by atoms with Crippen molar-refractivity contribution in [1.29, 1.82) is 0 Å². The van der Waals surface area contributed by atoms with Crippen LogP contribution in [0.2, 0.25) is 0 Å². The molecular weight excluding hydrogens is 262 g/mol. The molecule has 80 valence electrons. The van der Waals surface area contributed by atoms with Gasteiger partial charge in [0, 0.05) is 23.7 Å². The van der Waals surface area contributed by atoms with Crippen molar-refractivity contribution in [2.24, 2.45) is 5.92 Å². The van der Waals surface area contributed by atoms with Crippen molar-refractivity contribution in [3.63, 3.8) is 0 Å². The van der Waals surface area contributed by atoms with Gasteiger partial charge in [-0.05, 0) is 5.92 Å². The van der Waals surface area contributed by atoms with E-state index in [1.807, 2.05) is 0 Å². The van der Waals surface area contributed by atoms with Crippen molar-refractivity contribution in [2.75, 3.05) is 7.11 Å². The minimum atomic E-state index is 0.621. The summed E-state index contributed by atoms with van der Waals surface area (Å²) in [5.41, 5.74) is 1.09. The van der Waals surface area contributed by atoms with Gasteiger partial charge in [0.2, 0.25) is 0 Å². The standard InChI is InChI=1S/C10H16BrNOS/c1-7(2)4-10-12-8(6-13-3)9(5-11)14-10/h7H,4-6H2,1-3H3. The quantitative estimate of drug-likeness (QED) is 0.770. The van der Waals surface area contributed by atoms with Gasteiger partial charge >= 0.3 is 0 Å². The molecule has 1 rings (SSSR count). The molecule has 0 unspecified atom stereocenters. The summed E-state index contributed by atoms with van der Waals surface area (Å²) in [7, 11) is 1.71. The number of nitrogens with zero attached hydrogens (tertiary/aromatic N) is 1. The average Bonchev–Trinajstić information content (AvgIpc) is 2.47. The van der Waals surface area contributed by atoms with E-state index in [0.717, 1.165) is 17.4 Å². The summed E-state index contributed by atoms with van der Waals surface area (Å²) in [6, 6.07) is 0. The van der Waals surface area contributed by atoms with Crippen molar-refractivity contribution in [2.45, 2.75) is 32.2 Å². The van der Waals surface area contributed by atoms with Gasteiger partial charge in [-0.25, -0.2) is 4.98 Å². The van der Waals surface area contributed by atoms with E-state index in [1.54, 1.807) is 18.4 Å². The van der Waals surface area contributed by atoms with Crippen molar-refractivity contribution >= 4 is 27.3 Å². The van der Waals surface area contributed by atoms with Crippen molar-refractivity contribution in [3.8, 4) is 0 Å². The molecule has 0 radical (unpaired) electrons. The first-order valence-corrected chi connectivity index (χ1v) is 6.63. The van der Waals surface area contributed by atoms with E-state index < -0.39 is 0 Å². The van der Waals surface area contributed by atoms with E-state index in [4.69, 9.17) is 4.74 Å². The lowest BCUT2D eigenvalue weighted by atomic mass is 10.1. The Kier molecular flexibility index (Phi) is 5.06. The van der Waals surface area contributed by atoms with Gasteiger partial charge in [0.25, 0.3) is 0 Å². The molecule has 0 aliphatic heterocycles. The zero-order chi connectivity index (χ0) is 10.6. The highest BCUT2D eigenvalue weighted by Crippen LogP contribution is 2.23. The van der Waals surface area contributed by atoms with Crippen LogP contribution in [-0.4, -0.2) is 12.1 Å². The number of halogens is 1. The Balaban J connectivity index is 2.77. The summed E-state index contributed by atoms with van der Waals surface area (Å²) in [6.45, 7) is 5.05. The number of thiazole rings is 1. The Morgan fingerprint density at radius 3 is 2.71 bits per heavy atom. The van der Waals surface area contributed by atoms with Crippen LogP contribution < -0.4 is 0 Å². The van der Waals surface area contributed by atoms with E-state index >= 15 is 0 Å². The molecule has 0 fully saturated rings. The van der Waals surface area contributed by atoms with Crippen molar-refractivity contribution in [1.82, 2.24) is 4.98 Å². The fraction of sp³-hybridized carbons (Fsp3) is 0.700. The molecule has 0 bridgehead atoms. The largest absolute Gasteiger partial charge is 0.378 e. The molecule has 1 heterocycles. The third-order valence-corrected chi connectivity index (χ3v) is 3.86. The smallest absolute Gasteiger partial charge is 0.0935 e. The number of hydrogen-bond acceptors (Lipinski definition) is 3. The Bertz CT molecular complexity index is 286.